The molecule has 0 saturated carbocycles. The van der Waals surface area contributed by atoms with Gasteiger partial charge in [-0.25, -0.2) is 0 Å². The van der Waals surface area contributed by atoms with Crippen molar-refractivity contribution in [2.45, 2.75) is 51.5 Å². The van der Waals surface area contributed by atoms with E-state index in [1.54, 1.807) is 4.90 Å². The second-order valence-electron chi connectivity index (χ2n) is 8.39. The Balaban J connectivity index is 1.57. The Morgan fingerprint density at radius 1 is 1.16 bits per heavy atom. The zero-order chi connectivity index (χ0) is 22.2. The van der Waals surface area contributed by atoms with Crippen LogP contribution in [0.15, 0.2) is 36.9 Å². The van der Waals surface area contributed by atoms with Gasteiger partial charge in [0.2, 0.25) is 17.7 Å². The van der Waals surface area contributed by atoms with E-state index >= 15 is 0 Å². The predicted molar refractivity (Wildman–Crippen MR) is 123 cm³/mol. The van der Waals surface area contributed by atoms with Gasteiger partial charge in [-0.1, -0.05) is 26.0 Å². The minimum atomic E-state index is -0.569. The third kappa shape index (κ3) is 6.09. The largest absolute Gasteiger partial charge is 0.371 e. The van der Waals surface area contributed by atoms with Crippen LogP contribution in [-0.4, -0.2) is 54.8 Å². The maximum absolute atomic E-state index is 12.9. The van der Waals surface area contributed by atoms with Crippen LogP contribution in [0.25, 0.3) is 0 Å². The van der Waals surface area contributed by atoms with E-state index in [0.717, 1.165) is 30.9 Å². The zero-order valence-electron chi connectivity index (χ0n) is 18.4. The van der Waals surface area contributed by atoms with E-state index in [4.69, 9.17) is 0 Å². The number of carbonyl (C=O) groups excluding carboxylic acids is 3. The van der Waals surface area contributed by atoms with Crippen LogP contribution in [0.2, 0.25) is 0 Å². The van der Waals surface area contributed by atoms with Gasteiger partial charge >= 0.3 is 0 Å². The number of benzene rings is 1. The van der Waals surface area contributed by atoms with Crippen molar-refractivity contribution >= 4 is 29.1 Å². The molecule has 3 amide bonds. The summed E-state index contributed by atoms with van der Waals surface area (Å²) in [6.07, 6.45) is 6.27. The van der Waals surface area contributed by atoms with Crippen molar-refractivity contribution in [1.29, 1.82) is 0 Å². The van der Waals surface area contributed by atoms with Gasteiger partial charge in [-0.15, -0.1) is 0 Å². The molecule has 2 N–H and O–H groups in total. The highest BCUT2D eigenvalue weighted by Crippen LogP contribution is 2.24. The van der Waals surface area contributed by atoms with E-state index < -0.39 is 6.04 Å². The predicted octanol–water partition coefficient (Wildman–Crippen LogP) is 2.93. The number of hydrogen-bond donors (Lipinski definition) is 2. The zero-order valence-corrected chi connectivity index (χ0v) is 18.4. The van der Waals surface area contributed by atoms with Crippen LogP contribution >= 0.6 is 0 Å². The number of likely N-dealkylation sites (tertiary alicyclic amines) is 1. The molecule has 1 atom stereocenters. The van der Waals surface area contributed by atoms with Gasteiger partial charge in [0, 0.05) is 43.5 Å². The molecule has 2 heterocycles. The van der Waals surface area contributed by atoms with Crippen molar-refractivity contribution in [3.05, 3.63) is 36.9 Å². The lowest BCUT2D eigenvalue weighted by Crippen LogP contribution is -2.48. The summed E-state index contributed by atoms with van der Waals surface area (Å²) in [5, 5.41) is 5.93. The van der Waals surface area contributed by atoms with Crippen molar-refractivity contribution < 1.29 is 14.4 Å². The number of hydrogen-bond acceptors (Lipinski definition) is 4. The average molecular weight is 427 g/mol. The lowest BCUT2D eigenvalue weighted by molar-refractivity contribution is -0.133. The van der Waals surface area contributed by atoms with Crippen molar-refractivity contribution in [1.82, 2.24) is 10.2 Å². The third-order valence-electron chi connectivity index (χ3n) is 6.15. The third-order valence-corrected chi connectivity index (χ3v) is 6.15. The minimum Gasteiger partial charge on any atom is -0.371 e. The molecule has 1 aromatic carbocycles. The summed E-state index contributed by atoms with van der Waals surface area (Å²) in [4.78, 5) is 41.5. The molecular weight excluding hydrogens is 392 g/mol. The maximum atomic E-state index is 12.9. The average Bonchev–Trinajstić information content (AvgIpc) is 3.33. The van der Waals surface area contributed by atoms with E-state index in [1.165, 1.54) is 18.9 Å². The lowest BCUT2D eigenvalue weighted by Gasteiger charge is -2.31. The Morgan fingerprint density at radius 2 is 1.87 bits per heavy atom. The first-order valence-corrected chi connectivity index (χ1v) is 11.4. The Bertz CT molecular complexity index is 796. The van der Waals surface area contributed by atoms with Gasteiger partial charge < -0.3 is 20.4 Å². The molecule has 2 aliphatic heterocycles. The van der Waals surface area contributed by atoms with Crippen molar-refractivity contribution in [3.63, 3.8) is 0 Å². The molecule has 2 aliphatic rings. The van der Waals surface area contributed by atoms with E-state index in [0.29, 0.717) is 32.4 Å². The number of nitrogens with one attached hydrogen (secondary N) is 2. The molecule has 0 spiro atoms. The number of anilines is 2. The van der Waals surface area contributed by atoms with Gasteiger partial charge in [0.15, 0.2) is 0 Å². The monoisotopic (exact) mass is 426 g/mol. The quantitative estimate of drug-likeness (QED) is 0.626. The van der Waals surface area contributed by atoms with Crippen LogP contribution in [0.4, 0.5) is 11.4 Å². The van der Waals surface area contributed by atoms with Gasteiger partial charge in [0.25, 0.3) is 0 Å². The van der Waals surface area contributed by atoms with E-state index in [1.807, 2.05) is 25.1 Å². The van der Waals surface area contributed by atoms with Gasteiger partial charge in [0.05, 0.1) is 0 Å². The Hall–Kier alpha value is -2.83. The molecule has 3 rings (SSSR count). The second kappa shape index (κ2) is 11.0. The lowest BCUT2D eigenvalue weighted by atomic mass is 9.95. The van der Waals surface area contributed by atoms with Gasteiger partial charge in [-0.2, -0.15) is 0 Å². The van der Waals surface area contributed by atoms with Crippen molar-refractivity contribution in [3.8, 4) is 0 Å². The van der Waals surface area contributed by atoms with Crippen molar-refractivity contribution in [2.24, 2.45) is 5.92 Å². The summed E-state index contributed by atoms with van der Waals surface area (Å²) in [6.45, 7) is 8.68. The van der Waals surface area contributed by atoms with Crippen LogP contribution in [-0.2, 0) is 14.4 Å². The molecular formula is C24H34N4O3. The minimum absolute atomic E-state index is 0.0988. The summed E-state index contributed by atoms with van der Waals surface area (Å²) in [6, 6.07) is 7.33. The van der Waals surface area contributed by atoms with Gasteiger partial charge in [0.1, 0.15) is 6.04 Å². The molecule has 0 aromatic heterocycles. The van der Waals surface area contributed by atoms with Crippen LogP contribution in [0.1, 0.15) is 45.4 Å². The molecule has 31 heavy (non-hydrogen) atoms. The van der Waals surface area contributed by atoms with Crippen LogP contribution < -0.4 is 15.5 Å². The number of nitrogens with zero attached hydrogens (tertiary/aromatic N) is 2. The summed E-state index contributed by atoms with van der Waals surface area (Å²) in [5.74, 6) is -0.573. The smallest absolute Gasteiger partial charge is 0.246 e. The Morgan fingerprint density at radius 3 is 2.52 bits per heavy atom. The fourth-order valence-electron chi connectivity index (χ4n) is 4.32. The molecule has 2 saturated heterocycles. The first-order chi connectivity index (χ1) is 15.0. The standard InChI is InChI=1S/C24H34N4O3/c1-3-8-21(26-23(30)18-11-15-28(16-12-18)22(29)4-2)24(31)25-19-9-7-10-20(17-19)27-13-5-6-14-27/h4,7,9-10,17-18,21H,2-3,5-6,8,11-16H2,1H3,(H,25,31)(H,26,30). The van der Waals surface area contributed by atoms with E-state index in [2.05, 4.69) is 28.2 Å². The van der Waals surface area contributed by atoms with E-state index in [9.17, 15) is 14.4 Å². The summed E-state index contributed by atoms with van der Waals surface area (Å²) >= 11 is 0. The molecule has 7 nitrogen and oxygen atoms in total. The fraction of sp³-hybridized carbons (Fsp3) is 0.542. The number of amides is 3. The van der Waals surface area contributed by atoms with Crippen LogP contribution in [0.5, 0.6) is 0 Å². The summed E-state index contributed by atoms with van der Waals surface area (Å²) in [5.41, 5.74) is 1.87. The highest BCUT2D eigenvalue weighted by molar-refractivity contribution is 5.97. The molecule has 1 aromatic rings. The van der Waals surface area contributed by atoms with Gasteiger partial charge in [-0.05, 0) is 56.4 Å². The molecule has 7 heteroatoms. The highest BCUT2D eigenvalue weighted by atomic mass is 16.2. The molecule has 0 aliphatic carbocycles. The second-order valence-corrected chi connectivity index (χ2v) is 8.39. The number of carbonyl (C=O) groups is 3. The molecule has 0 radical (unpaired) electrons. The summed E-state index contributed by atoms with van der Waals surface area (Å²) < 4.78 is 0. The van der Waals surface area contributed by atoms with E-state index in [-0.39, 0.29) is 23.6 Å². The first-order valence-electron chi connectivity index (χ1n) is 11.4. The van der Waals surface area contributed by atoms with Crippen LogP contribution in [0.3, 0.4) is 0 Å². The Labute approximate surface area is 184 Å². The molecule has 168 valence electrons. The first kappa shape index (κ1) is 22.8. The van der Waals surface area contributed by atoms with Crippen molar-refractivity contribution in [2.75, 3.05) is 36.4 Å². The normalized spacial score (nSPS) is 17.8. The highest BCUT2D eigenvalue weighted by Gasteiger charge is 2.29. The summed E-state index contributed by atoms with van der Waals surface area (Å²) in [7, 11) is 0. The SMILES string of the molecule is C=CC(=O)N1CCC(C(=O)NC(CCC)C(=O)Nc2cccc(N3CCCC3)c2)CC1. The number of rotatable bonds is 8. The Kier molecular flexibility index (Phi) is 8.09. The number of piperidine rings is 1. The molecule has 1 unspecified atom stereocenters. The van der Waals surface area contributed by atoms with Crippen LogP contribution in [0, 0.1) is 5.92 Å². The molecule has 2 fully saturated rings. The fourth-order valence-corrected chi connectivity index (χ4v) is 4.32. The topological polar surface area (TPSA) is 81.8 Å². The maximum Gasteiger partial charge on any atom is 0.246 e. The van der Waals surface area contributed by atoms with Gasteiger partial charge in [-0.3, -0.25) is 14.4 Å². The molecule has 0 bridgehead atoms.